The summed E-state index contributed by atoms with van der Waals surface area (Å²) in [5.74, 6) is -0.343. The van der Waals surface area contributed by atoms with Crippen LogP contribution in [0.2, 0.25) is 0 Å². The van der Waals surface area contributed by atoms with Gasteiger partial charge in [0.15, 0.2) is 0 Å². The van der Waals surface area contributed by atoms with E-state index in [1.807, 2.05) is 12.1 Å². The van der Waals surface area contributed by atoms with Crippen LogP contribution in [0, 0.1) is 0 Å². The monoisotopic (exact) mass is 220 g/mol. The second kappa shape index (κ2) is 5.42. The zero-order valence-corrected chi connectivity index (χ0v) is 9.49. The third-order valence-electron chi connectivity index (χ3n) is 2.52. The molecule has 0 aromatic heterocycles. The summed E-state index contributed by atoms with van der Waals surface area (Å²) in [4.78, 5) is 22.1. The quantitative estimate of drug-likeness (QED) is 0.759. The van der Waals surface area contributed by atoms with Crippen molar-refractivity contribution in [3.05, 3.63) is 35.4 Å². The highest BCUT2D eigenvalue weighted by molar-refractivity contribution is 5.92. The summed E-state index contributed by atoms with van der Waals surface area (Å²) in [6, 6.07) is 6.79. The van der Waals surface area contributed by atoms with Gasteiger partial charge in [-0.25, -0.2) is 0 Å². The van der Waals surface area contributed by atoms with Gasteiger partial charge in [-0.2, -0.15) is 0 Å². The lowest BCUT2D eigenvalue weighted by molar-refractivity contribution is -0.118. The number of rotatable bonds is 5. The SMILES string of the molecule is CNC(Cc1ccc(C(N)=O)cc1)C(C)=O. The largest absolute Gasteiger partial charge is 0.366 e. The molecule has 0 radical (unpaired) electrons. The summed E-state index contributed by atoms with van der Waals surface area (Å²) >= 11 is 0. The molecule has 1 rings (SSSR count). The highest BCUT2D eigenvalue weighted by Gasteiger charge is 2.12. The molecule has 3 N–H and O–H groups in total. The van der Waals surface area contributed by atoms with Crippen molar-refractivity contribution in [3.8, 4) is 0 Å². The molecule has 0 saturated carbocycles. The number of hydrogen-bond acceptors (Lipinski definition) is 3. The number of nitrogens with two attached hydrogens (primary N) is 1. The number of amides is 1. The van der Waals surface area contributed by atoms with Gasteiger partial charge in [0.2, 0.25) is 5.91 Å². The zero-order chi connectivity index (χ0) is 12.1. The molecular weight excluding hydrogens is 204 g/mol. The number of likely N-dealkylation sites (N-methyl/N-ethyl adjacent to an activating group) is 1. The first-order chi connectivity index (χ1) is 7.54. The molecule has 86 valence electrons. The molecule has 0 aliphatic rings. The first-order valence-electron chi connectivity index (χ1n) is 5.11. The fourth-order valence-electron chi connectivity index (χ4n) is 1.49. The number of benzene rings is 1. The van der Waals surface area contributed by atoms with Crippen molar-refractivity contribution in [3.63, 3.8) is 0 Å². The fourth-order valence-corrected chi connectivity index (χ4v) is 1.49. The number of nitrogens with one attached hydrogen (secondary N) is 1. The van der Waals surface area contributed by atoms with Crippen LogP contribution in [-0.2, 0) is 11.2 Å². The van der Waals surface area contributed by atoms with E-state index in [2.05, 4.69) is 5.32 Å². The van der Waals surface area contributed by atoms with Crippen molar-refractivity contribution >= 4 is 11.7 Å². The average Bonchev–Trinajstić information content (AvgIpc) is 2.26. The molecule has 4 heteroatoms. The summed E-state index contributed by atoms with van der Waals surface area (Å²) in [5.41, 5.74) is 6.61. The maximum absolute atomic E-state index is 11.2. The minimum atomic E-state index is -0.441. The smallest absolute Gasteiger partial charge is 0.248 e. The van der Waals surface area contributed by atoms with Crippen molar-refractivity contribution in [2.24, 2.45) is 5.73 Å². The lowest BCUT2D eigenvalue weighted by atomic mass is 10.0. The first-order valence-corrected chi connectivity index (χ1v) is 5.11. The van der Waals surface area contributed by atoms with E-state index in [0.717, 1.165) is 5.56 Å². The van der Waals surface area contributed by atoms with Crippen LogP contribution >= 0.6 is 0 Å². The second-order valence-corrected chi connectivity index (χ2v) is 3.72. The molecular formula is C12H16N2O2. The highest BCUT2D eigenvalue weighted by Crippen LogP contribution is 2.07. The van der Waals surface area contributed by atoms with E-state index in [4.69, 9.17) is 5.73 Å². The molecule has 0 spiro atoms. The van der Waals surface area contributed by atoms with Gasteiger partial charge in [-0.1, -0.05) is 12.1 Å². The van der Waals surface area contributed by atoms with Crippen LogP contribution in [0.1, 0.15) is 22.8 Å². The Morgan fingerprint density at radius 1 is 1.31 bits per heavy atom. The van der Waals surface area contributed by atoms with Crippen molar-refractivity contribution in [2.75, 3.05) is 7.05 Å². The Bertz CT molecular complexity index is 385. The van der Waals surface area contributed by atoms with Gasteiger partial charge in [-0.05, 0) is 38.1 Å². The van der Waals surface area contributed by atoms with Crippen molar-refractivity contribution in [1.82, 2.24) is 5.32 Å². The van der Waals surface area contributed by atoms with Gasteiger partial charge in [0, 0.05) is 5.56 Å². The predicted molar refractivity (Wildman–Crippen MR) is 62.2 cm³/mol. The molecule has 0 aliphatic carbocycles. The molecule has 1 aromatic rings. The zero-order valence-electron chi connectivity index (χ0n) is 9.49. The van der Waals surface area contributed by atoms with E-state index >= 15 is 0 Å². The van der Waals surface area contributed by atoms with E-state index in [1.165, 1.54) is 0 Å². The van der Waals surface area contributed by atoms with Gasteiger partial charge < -0.3 is 11.1 Å². The number of carbonyl (C=O) groups is 2. The lowest BCUT2D eigenvalue weighted by Gasteiger charge is -2.12. The van der Waals surface area contributed by atoms with Gasteiger partial charge in [0.05, 0.1) is 6.04 Å². The fraction of sp³-hybridized carbons (Fsp3) is 0.333. The van der Waals surface area contributed by atoms with Crippen LogP contribution in [0.5, 0.6) is 0 Å². The summed E-state index contributed by atoms with van der Waals surface area (Å²) in [7, 11) is 1.75. The lowest BCUT2D eigenvalue weighted by Crippen LogP contribution is -2.34. The van der Waals surface area contributed by atoms with Gasteiger partial charge in [0.1, 0.15) is 5.78 Å². The van der Waals surface area contributed by atoms with Crippen LogP contribution in [-0.4, -0.2) is 24.8 Å². The highest BCUT2D eigenvalue weighted by atomic mass is 16.1. The molecule has 0 saturated heterocycles. The van der Waals surface area contributed by atoms with Crippen molar-refractivity contribution in [2.45, 2.75) is 19.4 Å². The van der Waals surface area contributed by atoms with Crippen molar-refractivity contribution < 1.29 is 9.59 Å². The van der Waals surface area contributed by atoms with Gasteiger partial charge >= 0.3 is 0 Å². The summed E-state index contributed by atoms with van der Waals surface area (Å²) < 4.78 is 0. The number of ketones is 1. The standard InChI is InChI=1S/C12H16N2O2/c1-8(15)11(14-2)7-9-3-5-10(6-4-9)12(13)16/h3-6,11,14H,7H2,1-2H3,(H2,13,16). The Balaban J connectivity index is 2.75. The summed E-state index contributed by atoms with van der Waals surface area (Å²) in [6.45, 7) is 1.55. The molecule has 0 bridgehead atoms. The Morgan fingerprint density at radius 3 is 2.25 bits per heavy atom. The molecule has 0 heterocycles. The van der Waals surface area contributed by atoms with Crippen LogP contribution in [0.15, 0.2) is 24.3 Å². The molecule has 1 amide bonds. The van der Waals surface area contributed by atoms with Crippen LogP contribution in [0.25, 0.3) is 0 Å². The van der Waals surface area contributed by atoms with Gasteiger partial charge in [0.25, 0.3) is 0 Å². The molecule has 16 heavy (non-hydrogen) atoms. The number of carbonyl (C=O) groups excluding carboxylic acids is 2. The molecule has 1 aromatic carbocycles. The summed E-state index contributed by atoms with van der Waals surface area (Å²) in [5, 5.41) is 2.95. The predicted octanol–water partition coefficient (Wildman–Crippen LogP) is 0.505. The topological polar surface area (TPSA) is 72.2 Å². The third-order valence-corrected chi connectivity index (χ3v) is 2.52. The molecule has 1 unspecified atom stereocenters. The van der Waals surface area contributed by atoms with Gasteiger partial charge in [-0.3, -0.25) is 9.59 Å². The minimum Gasteiger partial charge on any atom is -0.366 e. The Morgan fingerprint density at radius 2 is 1.88 bits per heavy atom. The van der Waals surface area contributed by atoms with E-state index in [9.17, 15) is 9.59 Å². The maximum atomic E-state index is 11.2. The number of primary amides is 1. The second-order valence-electron chi connectivity index (χ2n) is 3.72. The Kier molecular flexibility index (Phi) is 4.19. The van der Waals surface area contributed by atoms with Crippen LogP contribution in [0.3, 0.4) is 0 Å². The maximum Gasteiger partial charge on any atom is 0.248 e. The molecule has 1 atom stereocenters. The number of Topliss-reactive ketones (excluding diaryl/α,β-unsaturated/α-hetero) is 1. The average molecular weight is 220 g/mol. The first kappa shape index (κ1) is 12.4. The van der Waals surface area contributed by atoms with E-state index in [-0.39, 0.29) is 11.8 Å². The molecule has 4 nitrogen and oxygen atoms in total. The normalized spacial score (nSPS) is 12.1. The Hall–Kier alpha value is -1.68. The summed E-state index contributed by atoms with van der Waals surface area (Å²) in [6.07, 6.45) is 0.616. The van der Waals surface area contributed by atoms with E-state index in [1.54, 1.807) is 26.1 Å². The third kappa shape index (κ3) is 3.17. The van der Waals surface area contributed by atoms with Crippen molar-refractivity contribution in [1.29, 1.82) is 0 Å². The number of hydrogen-bond donors (Lipinski definition) is 2. The van der Waals surface area contributed by atoms with E-state index in [0.29, 0.717) is 12.0 Å². The van der Waals surface area contributed by atoms with Gasteiger partial charge in [-0.15, -0.1) is 0 Å². The minimum absolute atomic E-state index is 0.0986. The molecule has 0 fully saturated rings. The van der Waals surface area contributed by atoms with Crippen LogP contribution < -0.4 is 11.1 Å². The van der Waals surface area contributed by atoms with Crippen LogP contribution in [0.4, 0.5) is 0 Å². The van der Waals surface area contributed by atoms with E-state index < -0.39 is 5.91 Å². The molecule has 0 aliphatic heterocycles. The Labute approximate surface area is 94.8 Å².